The van der Waals surface area contributed by atoms with E-state index in [4.69, 9.17) is 5.73 Å². The zero-order valence-corrected chi connectivity index (χ0v) is 14.1. The minimum atomic E-state index is -3.79. The third-order valence-corrected chi connectivity index (χ3v) is 7.00. The molecule has 2 N–H and O–H groups in total. The number of hydrogen-bond donors (Lipinski definition) is 1. The van der Waals surface area contributed by atoms with E-state index in [1.165, 1.54) is 39.3 Å². The van der Waals surface area contributed by atoms with Crippen molar-refractivity contribution < 1.29 is 16.8 Å². The summed E-state index contributed by atoms with van der Waals surface area (Å²) in [6.45, 7) is 1.85. The molecule has 0 spiro atoms. The monoisotopic (exact) mass is 335 g/mol. The van der Waals surface area contributed by atoms with Crippen LogP contribution in [0.15, 0.2) is 34.1 Å². The van der Waals surface area contributed by atoms with Gasteiger partial charge >= 0.3 is 0 Å². The molecule has 1 rings (SSSR count). The number of nitrogens with two attached hydrogens (primary N) is 1. The van der Waals surface area contributed by atoms with E-state index in [1.807, 2.05) is 0 Å². The predicted octanol–water partition coefficient (Wildman–Crippen LogP) is -0.0954. The van der Waals surface area contributed by atoms with Gasteiger partial charge in [-0.1, -0.05) is 6.07 Å². The number of hydrogen-bond acceptors (Lipinski definition) is 5. The van der Waals surface area contributed by atoms with E-state index >= 15 is 0 Å². The zero-order valence-electron chi connectivity index (χ0n) is 12.5. The molecule has 0 aliphatic rings. The van der Waals surface area contributed by atoms with E-state index < -0.39 is 20.0 Å². The van der Waals surface area contributed by atoms with Gasteiger partial charge in [0, 0.05) is 33.7 Å². The minimum absolute atomic E-state index is 0.0672. The van der Waals surface area contributed by atoms with Gasteiger partial charge in [0.05, 0.1) is 9.79 Å². The molecule has 1 unspecified atom stereocenters. The van der Waals surface area contributed by atoms with Crippen LogP contribution in [0.4, 0.5) is 0 Å². The van der Waals surface area contributed by atoms with Crippen molar-refractivity contribution in [3.05, 3.63) is 24.3 Å². The predicted molar refractivity (Wildman–Crippen MR) is 80.8 cm³/mol. The van der Waals surface area contributed by atoms with Crippen molar-refractivity contribution in [2.45, 2.75) is 22.8 Å². The van der Waals surface area contributed by atoms with Crippen molar-refractivity contribution in [1.82, 2.24) is 8.61 Å². The Bertz CT molecular complexity index is 699. The fraction of sp³-hybridized carbons (Fsp3) is 0.500. The van der Waals surface area contributed by atoms with Crippen LogP contribution in [0.3, 0.4) is 0 Å². The second kappa shape index (κ2) is 6.41. The molecule has 120 valence electrons. The van der Waals surface area contributed by atoms with E-state index in [0.29, 0.717) is 0 Å². The van der Waals surface area contributed by atoms with E-state index in [9.17, 15) is 16.8 Å². The van der Waals surface area contributed by atoms with Crippen molar-refractivity contribution in [3.63, 3.8) is 0 Å². The van der Waals surface area contributed by atoms with Crippen LogP contribution in [0.5, 0.6) is 0 Å². The molecule has 7 nitrogen and oxygen atoms in total. The van der Waals surface area contributed by atoms with Crippen molar-refractivity contribution in [2.24, 2.45) is 5.73 Å². The van der Waals surface area contributed by atoms with Gasteiger partial charge in [-0.2, -0.15) is 4.31 Å². The SMILES string of the molecule is CC(CN)N(C)S(=O)(=O)c1cccc(S(=O)(=O)N(C)C)c1. The summed E-state index contributed by atoms with van der Waals surface area (Å²) in [5.74, 6) is 0. The van der Waals surface area contributed by atoms with Crippen LogP contribution in [0.2, 0.25) is 0 Å². The van der Waals surface area contributed by atoms with Crippen LogP contribution in [0.1, 0.15) is 6.92 Å². The van der Waals surface area contributed by atoms with Gasteiger partial charge in [-0.15, -0.1) is 0 Å². The maximum Gasteiger partial charge on any atom is 0.243 e. The molecule has 21 heavy (non-hydrogen) atoms. The molecule has 0 aliphatic carbocycles. The Morgan fingerprint density at radius 3 is 1.95 bits per heavy atom. The molecular formula is C12H21N3O4S2. The largest absolute Gasteiger partial charge is 0.329 e. The Hall–Kier alpha value is -1.00. The molecule has 0 bridgehead atoms. The van der Waals surface area contributed by atoms with Crippen LogP contribution in [0, 0.1) is 0 Å². The lowest BCUT2D eigenvalue weighted by Crippen LogP contribution is -2.39. The number of nitrogens with zero attached hydrogens (tertiary/aromatic N) is 2. The van der Waals surface area contributed by atoms with Gasteiger partial charge in [0.2, 0.25) is 20.0 Å². The lowest BCUT2D eigenvalue weighted by atomic mass is 10.4. The maximum atomic E-state index is 12.4. The molecule has 1 atom stereocenters. The number of likely N-dealkylation sites (N-methyl/N-ethyl adjacent to an activating group) is 1. The fourth-order valence-electron chi connectivity index (χ4n) is 1.56. The topological polar surface area (TPSA) is 101 Å². The first-order valence-electron chi connectivity index (χ1n) is 6.26. The highest BCUT2D eigenvalue weighted by atomic mass is 32.2. The van der Waals surface area contributed by atoms with Crippen LogP contribution in [-0.4, -0.2) is 59.2 Å². The summed E-state index contributed by atoms with van der Waals surface area (Å²) in [6, 6.07) is 4.91. The Balaban J connectivity index is 3.35. The molecule has 0 fully saturated rings. The molecule has 0 heterocycles. The Morgan fingerprint density at radius 1 is 1.05 bits per heavy atom. The zero-order chi connectivity index (χ0) is 16.4. The highest BCUT2D eigenvalue weighted by Gasteiger charge is 2.26. The van der Waals surface area contributed by atoms with Gasteiger partial charge in [-0.05, 0) is 25.1 Å². The smallest absolute Gasteiger partial charge is 0.243 e. The molecule has 0 saturated carbocycles. The minimum Gasteiger partial charge on any atom is -0.329 e. The molecule has 1 aromatic rings. The number of rotatable bonds is 6. The summed E-state index contributed by atoms with van der Waals surface area (Å²) >= 11 is 0. The third-order valence-electron chi connectivity index (χ3n) is 3.22. The second-order valence-electron chi connectivity index (χ2n) is 4.87. The standard InChI is InChI=1S/C12H21N3O4S2/c1-10(9-13)15(4)21(18,19)12-7-5-6-11(8-12)20(16,17)14(2)3/h5-8,10H,9,13H2,1-4H3. The molecule has 0 saturated heterocycles. The van der Waals surface area contributed by atoms with Crippen LogP contribution in [-0.2, 0) is 20.0 Å². The summed E-state index contributed by atoms with van der Waals surface area (Å²) in [4.78, 5) is -0.143. The summed E-state index contributed by atoms with van der Waals surface area (Å²) in [5, 5.41) is 0. The fourth-order valence-corrected chi connectivity index (χ4v) is 4.00. The molecule has 0 radical (unpaired) electrons. The van der Waals surface area contributed by atoms with Gasteiger partial charge < -0.3 is 5.73 Å². The van der Waals surface area contributed by atoms with Crippen LogP contribution >= 0.6 is 0 Å². The third kappa shape index (κ3) is 3.61. The molecule has 0 aromatic heterocycles. The summed E-state index contributed by atoms with van der Waals surface area (Å²) in [7, 11) is -3.28. The molecule has 0 aliphatic heterocycles. The molecule has 1 aromatic carbocycles. The Labute approximate surface area is 126 Å². The highest BCUT2D eigenvalue weighted by molar-refractivity contribution is 7.90. The molecule has 0 amide bonds. The summed E-state index contributed by atoms with van der Waals surface area (Å²) in [5.41, 5.74) is 5.48. The van der Waals surface area contributed by atoms with Crippen molar-refractivity contribution in [3.8, 4) is 0 Å². The summed E-state index contributed by atoms with van der Waals surface area (Å²) < 4.78 is 51.2. The first-order chi connectivity index (χ1) is 9.55. The van der Waals surface area contributed by atoms with Gasteiger partial charge in [0.15, 0.2) is 0 Å². The van der Waals surface area contributed by atoms with Gasteiger partial charge in [-0.25, -0.2) is 21.1 Å². The van der Waals surface area contributed by atoms with E-state index in [2.05, 4.69) is 0 Å². The lowest BCUT2D eigenvalue weighted by Gasteiger charge is -2.23. The second-order valence-corrected chi connectivity index (χ2v) is 9.02. The first-order valence-corrected chi connectivity index (χ1v) is 9.14. The van der Waals surface area contributed by atoms with Gasteiger partial charge in [-0.3, -0.25) is 0 Å². The van der Waals surface area contributed by atoms with Gasteiger partial charge in [0.1, 0.15) is 0 Å². The Kier molecular flexibility index (Phi) is 5.51. The van der Waals surface area contributed by atoms with E-state index in [0.717, 1.165) is 14.7 Å². The van der Waals surface area contributed by atoms with Crippen LogP contribution in [0.25, 0.3) is 0 Å². The van der Waals surface area contributed by atoms with Crippen LogP contribution < -0.4 is 5.73 Å². The number of benzene rings is 1. The average Bonchev–Trinajstić information content (AvgIpc) is 2.45. The average molecular weight is 335 g/mol. The van der Waals surface area contributed by atoms with Crippen molar-refractivity contribution in [2.75, 3.05) is 27.7 Å². The first kappa shape index (κ1) is 18.1. The molecular weight excluding hydrogens is 314 g/mol. The quantitative estimate of drug-likeness (QED) is 0.782. The van der Waals surface area contributed by atoms with Crippen molar-refractivity contribution >= 4 is 20.0 Å². The highest BCUT2D eigenvalue weighted by Crippen LogP contribution is 2.21. The normalized spacial score (nSPS) is 14.6. The number of sulfonamides is 2. The lowest BCUT2D eigenvalue weighted by molar-refractivity contribution is 0.394. The van der Waals surface area contributed by atoms with Gasteiger partial charge in [0.25, 0.3) is 0 Å². The van der Waals surface area contributed by atoms with E-state index in [-0.39, 0.29) is 22.4 Å². The Morgan fingerprint density at radius 2 is 1.52 bits per heavy atom. The van der Waals surface area contributed by atoms with E-state index in [1.54, 1.807) is 6.92 Å². The molecule has 9 heteroatoms. The van der Waals surface area contributed by atoms with Crippen molar-refractivity contribution in [1.29, 1.82) is 0 Å². The summed E-state index contributed by atoms with van der Waals surface area (Å²) in [6.07, 6.45) is 0. The maximum absolute atomic E-state index is 12.4.